The highest BCUT2D eigenvalue weighted by Gasteiger charge is 2.09. The number of ether oxygens (including phenoxy) is 4. The van der Waals surface area contributed by atoms with E-state index in [4.69, 9.17) is 18.9 Å². The summed E-state index contributed by atoms with van der Waals surface area (Å²) in [5, 5.41) is 0. The summed E-state index contributed by atoms with van der Waals surface area (Å²) in [6, 6.07) is 8.77. The van der Waals surface area contributed by atoms with Crippen LogP contribution in [0.1, 0.15) is 11.1 Å². The predicted molar refractivity (Wildman–Crippen MR) is 125 cm³/mol. The van der Waals surface area contributed by atoms with Crippen molar-refractivity contribution in [3.8, 4) is 23.0 Å². The molecule has 0 aliphatic carbocycles. The summed E-state index contributed by atoms with van der Waals surface area (Å²) in [5.41, 5.74) is 0.971. The third-order valence-corrected chi connectivity index (χ3v) is 3.81. The lowest BCUT2D eigenvalue weighted by Crippen LogP contribution is -2.06. The summed E-state index contributed by atoms with van der Waals surface area (Å²) in [6.45, 7) is 13.4. The van der Waals surface area contributed by atoms with Crippen molar-refractivity contribution in [2.75, 3.05) is 0 Å². The second-order valence-electron chi connectivity index (χ2n) is 6.31. The highest BCUT2D eigenvalue weighted by Crippen LogP contribution is 2.27. The van der Waals surface area contributed by atoms with Crippen molar-refractivity contribution in [3.63, 3.8) is 0 Å². The molecule has 0 N–H and O–H groups in total. The van der Waals surface area contributed by atoms with Crippen molar-refractivity contribution in [2.24, 2.45) is 0 Å². The van der Waals surface area contributed by atoms with Gasteiger partial charge in [-0.2, -0.15) is 0 Å². The van der Waals surface area contributed by atoms with E-state index in [9.17, 15) is 19.2 Å². The van der Waals surface area contributed by atoms with Gasteiger partial charge in [0, 0.05) is 36.4 Å². The number of carbonyl (C=O) groups excluding carboxylic acids is 4. The van der Waals surface area contributed by atoms with E-state index in [0.29, 0.717) is 11.1 Å². The molecule has 172 valence electrons. The van der Waals surface area contributed by atoms with Crippen LogP contribution >= 0.6 is 0 Å². The van der Waals surface area contributed by atoms with Crippen LogP contribution < -0.4 is 18.9 Å². The number of rotatable bonds is 10. The van der Waals surface area contributed by atoms with Gasteiger partial charge in [0.15, 0.2) is 0 Å². The van der Waals surface area contributed by atoms with E-state index >= 15 is 0 Å². The number of esters is 4. The van der Waals surface area contributed by atoms with Gasteiger partial charge < -0.3 is 18.9 Å². The van der Waals surface area contributed by atoms with Crippen molar-refractivity contribution < 1.29 is 38.1 Å². The second-order valence-corrected chi connectivity index (χ2v) is 6.31. The van der Waals surface area contributed by atoms with Crippen molar-refractivity contribution in [1.29, 1.82) is 0 Å². The first-order chi connectivity index (χ1) is 16.3. The first kappa shape index (κ1) is 25.3. The Morgan fingerprint density at radius 3 is 0.912 bits per heavy atom. The molecule has 2 aromatic carbocycles. The summed E-state index contributed by atoms with van der Waals surface area (Å²) < 4.78 is 20.5. The Labute approximate surface area is 195 Å². The van der Waals surface area contributed by atoms with E-state index in [1.54, 1.807) is 12.2 Å². The van der Waals surface area contributed by atoms with Crippen molar-refractivity contribution in [2.45, 2.75) is 0 Å². The second kappa shape index (κ2) is 12.2. The van der Waals surface area contributed by atoms with Crippen molar-refractivity contribution in [3.05, 3.63) is 98.1 Å². The Balaban J connectivity index is 2.45. The van der Waals surface area contributed by atoms with Crippen LogP contribution in [0, 0.1) is 0 Å². The Morgan fingerprint density at radius 1 is 0.471 bits per heavy atom. The van der Waals surface area contributed by atoms with Gasteiger partial charge in [0.05, 0.1) is 0 Å². The molecule has 0 aliphatic heterocycles. The van der Waals surface area contributed by atoms with Crippen LogP contribution in [0.4, 0.5) is 0 Å². The number of hydrogen-bond donors (Lipinski definition) is 0. The van der Waals surface area contributed by atoms with Gasteiger partial charge in [-0.15, -0.1) is 0 Å². The molecule has 0 unspecified atom stereocenters. The van der Waals surface area contributed by atoms with Crippen LogP contribution in [-0.2, 0) is 19.2 Å². The minimum absolute atomic E-state index is 0.105. The summed E-state index contributed by atoms with van der Waals surface area (Å²) in [4.78, 5) is 46.3. The van der Waals surface area contributed by atoms with Gasteiger partial charge in [-0.05, 0) is 35.4 Å². The zero-order valence-electron chi connectivity index (χ0n) is 18.0. The zero-order chi connectivity index (χ0) is 25.1. The molecule has 0 fully saturated rings. The number of benzene rings is 2. The van der Waals surface area contributed by atoms with Crippen molar-refractivity contribution >= 4 is 36.0 Å². The minimum atomic E-state index is -0.701. The summed E-state index contributed by atoms with van der Waals surface area (Å²) in [7, 11) is 0. The average Bonchev–Trinajstić information content (AvgIpc) is 2.82. The van der Waals surface area contributed by atoms with Gasteiger partial charge in [-0.1, -0.05) is 38.5 Å². The lowest BCUT2D eigenvalue weighted by atomic mass is 10.1. The number of hydrogen-bond acceptors (Lipinski definition) is 8. The molecule has 0 heterocycles. The van der Waals surface area contributed by atoms with Crippen LogP contribution in [-0.4, -0.2) is 23.9 Å². The monoisotopic (exact) mass is 460 g/mol. The molecule has 0 saturated heterocycles. The third kappa shape index (κ3) is 7.93. The first-order valence-electron chi connectivity index (χ1n) is 9.61. The fraction of sp³-hybridized carbons (Fsp3) is 0. The quantitative estimate of drug-likeness (QED) is 0.225. The molecule has 0 bridgehead atoms. The maximum Gasteiger partial charge on any atom is 0.335 e. The highest BCUT2D eigenvalue weighted by molar-refractivity contribution is 5.86. The van der Waals surface area contributed by atoms with Crippen LogP contribution in [0.15, 0.2) is 87.0 Å². The topological polar surface area (TPSA) is 105 Å². The van der Waals surface area contributed by atoms with Crippen molar-refractivity contribution in [1.82, 2.24) is 0 Å². The van der Waals surface area contributed by atoms with E-state index in [1.807, 2.05) is 0 Å². The largest absolute Gasteiger partial charge is 0.423 e. The molecule has 0 radical (unpaired) electrons. The minimum Gasteiger partial charge on any atom is -0.423 e. The van der Waals surface area contributed by atoms with Crippen LogP contribution in [0.5, 0.6) is 23.0 Å². The fourth-order valence-electron chi connectivity index (χ4n) is 2.44. The molecule has 8 nitrogen and oxygen atoms in total. The Bertz CT molecular complexity index is 1030. The number of carbonyl (C=O) groups is 4. The Kier molecular flexibility index (Phi) is 9.04. The molecule has 0 atom stereocenters. The van der Waals surface area contributed by atoms with E-state index in [0.717, 1.165) is 24.3 Å². The Morgan fingerprint density at radius 2 is 0.706 bits per heavy atom. The lowest BCUT2D eigenvalue weighted by Gasteiger charge is -2.08. The molecular weight excluding hydrogens is 440 g/mol. The maximum atomic E-state index is 11.6. The molecule has 2 aromatic rings. The highest BCUT2D eigenvalue weighted by atomic mass is 16.6. The van der Waals surface area contributed by atoms with E-state index < -0.39 is 23.9 Å². The molecule has 0 spiro atoms. The molecule has 0 saturated carbocycles. The molecule has 0 aromatic heterocycles. The van der Waals surface area contributed by atoms with E-state index in [-0.39, 0.29) is 23.0 Å². The fourth-order valence-corrected chi connectivity index (χ4v) is 2.44. The maximum absolute atomic E-state index is 11.6. The van der Waals surface area contributed by atoms with Crippen LogP contribution in [0.25, 0.3) is 12.2 Å². The summed E-state index contributed by atoms with van der Waals surface area (Å²) in [5.74, 6) is -2.39. The summed E-state index contributed by atoms with van der Waals surface area (Å²) >= 11 is 0. The average molecular weight is 460 g/mol. The lowest BCUT2D eigenvalue weighted by molar-refractivity contribution is -0.130. The molecule has 8 heteroatoms. The van der Waals surface area contributed by atoms with Crippen LogP contribution in [0.3, 0.4) is 0 Å². The van der Waals surface area contributed by atoms with Gasteiger partial charge in [-0.25, -0.2) is 19.2 Å². The van der Waals surface area contributed by atoms with Gasteiger partial charge in [0.25, 0.3) is 0 Å². The predicted octanol–water partition coefficient (Wildman–Crippen LogP) is 4.22. The standard InChI is InChI=1S/C26H20O8/c1-5-23(27)31-19-11-17(12-20(15-19)32-24(28)6-2)9-10-18-13-21(33-25(29)7-3)16-22(14-18)34-26(30)8-4/h5-16H,1-4H2. The third-order valence-electron chi connectivity index (χ3n) is 3.81. The molecule has 0 aliphatic rings. The molecule has 0 amide bonds. The van der Waals surface area contributed by atoms with Crippen LogP contribution in [0.2, 0.25) is 0 Å². The zero-order valence-corrected chi connectivity index (χ0v) is 18.0. The van der Waals surface area contributed by atoms with E-state index in [2.05, 4.69) is 26.3 Å². The van der Waals surface area contributed by atoms with Gasteiger partial charge in [0.2, 0.25) is 0 Å². The van der Waals surface area contributed by atoms with Gasteiger partial charge in [0.1, 0.15) is 23.0 Å². The smallest absolute Gasteiger partial charge is 0.335 e. The molecule has 2 rings (SSSR count). The van der Waals surface area contributed by atoms with Gasteiger partial charge in [-0.3, -0.25) is 0 Å². The normalized spacial score (nSPS) is 10.0. The molecule has 34 heavy (non-hydrogen) atoms. The SMILES string of the molecule is C=CC(=O)Oc1cc(C=Cc2cc(OC(=O)C=C)cc(OC(=O)C=C)c2)cc(OC(=O)C=C)c1. The summed E-state index contributed by atoms with van der Waals surface area (Å²) in [6.07, 6.45) is 7.15. The first-order valence-corrected chi connectivity index (χ1v) is 9.61. The Hall–Kier alpha value is -4.98. The molecular formula is C26H20O8. The van der Waals surface area contributed by atoms with Gasteiger partial charge >= 0.3 is 23.9 Å². The van der Waals surface area contributed by atoms with E-state index in [1.165, 1.54) is 36.4 Å².